The lowest BCUT2D eigenvalue weighted by Gasteiger charge is -2.42. The Morgan fingerprint density at radius 1 is 0.793 bits per heavy atom. The summed E-state index contributed by atoms with van der Waals surface area (Å²) in [6.45, 7) is 1.04. The summed E-state index contributed by atoms with van der Waals surface area (Å²) in [6.07, 6.45) is 7.47. The molecule has 8 nitrogen and oxygen atoms in total. The minimum Gasteiger partial charge on any atom is -0.481 e. The Morgan fingerprint density at radius 3 is 1.93 bits per heavy atom. The van der Waals surface area contributed by atoms with Gasteiger partial charge in [0.2, 0.25) is 5.41 Å². The Bertz CT molecular complexity index is 762. The number of aliphatic carboxylic acids is 4. The molecule has 0 fully saturated rings. The molecule has 2 aliphatic carbocycles. The summed E-state index contributed by atoms with van der Waals surface area (Å²) in [5.41, 5.74) is -5.40. The van der Waals surface area contributed by atoms with Gasteiger partial charge >= 0.3 is 23.9 Å². The summed E-state index contributed by atoms with van der Waals surface area (Å²) in [7, 11) is 0. The normalized spacial score (nSPS) is 29.9. The Kier molecular flexibility index (Phi) is 6.87. The van der Waals surface area contributed by atoms with Crippen molar-refractivity contribution in [2.75, 3.05) is 0 Å². The molecule has 8 heteroatoms. The van der Waals surface area contributed by atoms with Gasteiger partial charge in [0, 0.05) is 0 Å². The minimum atomic E-state index is -3.09. The van der Waals surface area contributed by atoms with Crippen molar-refractivity contribution in [1.29, 1.82) is 0 Å². The Morgan fingerprint density at radius 2 is 1.38 bits per heavy atom. The molecule has 0 aromatic rings. The zero-order chi connectivity index (χ0) is 21.8. The molecular weight excluding hydrogens is 380 g/mol. The Balaban J connectivity index is 2.95. The van der Waals surface area contributed by atoms with E-state index in [-0.39, 0.29) is 24.8 Å². The summed E-state index contributed by atoms with van der Waals surface area (Å²) >= 11 is 0. The maximum Gasteiger partial charge on any atom is 0.333 e. The van der Waals surface area contributed by atoms with Crippen LogP contribution in [-0.4, -0.2) is 44.3 Å². The first-order valence-corrected chi connectivity index (χ1v) is 9.97. The standard InChI is InChI=1S/C21H28O8/c1-20(17(24)25)12-8-7-11-14(13-9-5-3-2-4-6-10-13)15(16(22)23)21(20,18(26)27)19(28)29/h9H,2-8,10-12H2,1H3,(H,22,23)(H,24,25)(H,26,27)(H,28,29)/b13-9+,15-14+. The Labute approximate surface area is 168 Å². The molecule has 0 amide bonds. The SMILES string of the molecule is CC1(C(=O)O)CCCCC(/C2=C/CCCCCC2)=C(/C(=O)O)C1(C(=O)O)C(=O)O. The molecule has 0 radical (unpaired) electrons. The fourth-order valence-corrected chi connectivity index (χ4v) is 4.72. The largest absolute Gasteiger partial charge is 0.481 e. The molecule has 1 atom stereocenters. The van der Waals surface area contributed by atoms with Crippen molar-refractivity contribution in [3.05, 3.63) is 22.8 Å². The first kappa shape index (κ1) is 22.6. The van der Waals surface area contributed by atoms with Crippen LogP contribution in [0.15, 0.2) is 22.8 Å². The number of hydrogen-bond acceptors (Lipinski definition) is 4. The molecular formula is C21H28O8. The molecule has 1 unspecified atom stereocenters. The highest BCUT2D eigenvalue weighted by Crippen LogP contribution is 2.53. The molecule has 0 aromatic heterocycles. The van der Waals surface area contributed by atoms with Gasteiger partial charge in [0.1, 0.15) is 0 Å². The zero-order valence-corrected chi connectivity index (χ0v) is 16.6. The van der Waals surface area contributed by atoms with Crippen LogP contribution >= 0.6 is 0 Å². The maximum atomic E-state index is 12.4. The van der Waals surface area contributed by atoms with E-state index in [0.717, 1.165) is 32.6 Å². The van der Waals surface area contributed by atoms with E-state index in [0.29, 0.717) is 24.8 Å². The van der Waals surface area contributed by atoms with Crippen molar-refractivity contribution < 1.29 is 39.6 Å². The lowest BCUT2D eigenvalue weighted by atomic mass is 9.55. The van der Waals surface area contributed by atoms with Crippen LogP contribution in [0.4, 0.5) is 0 Å². The van der Waals surface area contributed by atoms with Crippen LogP contribution < -0.4 is 0 Å². The van der Waals surface area contributed by atoms with Crippen LogP contribution in [0.1, 0.15) is 71.1 Å². The molecule has 0 spiro atoms. The van der Waals surface area contributed by atoms with Crippen LogP contribution in [0.3, 0.4) is 0 Å². The predicted molar refractivity (Wildman–Crippen MR) is 102 cm³/mol. The topological polar surface area (TPSA) is 149 Å². The second-order valence-electron chi connectivity index (χ2n) is 8.05. The van der Waals surface area contributed by atoms with Gasteiger partial charge in [-0.2, -0.15) is 0 Å². The van der Waals surface area contributed by atoms with Crippen LogP contribution in [0.5, 0.6) is 0 Å². The number of carboxylic acids is 4. The first-order valence-electron chi connectivity index (χ1n) is 9.97. The van der Waals surface area contributed by atoms with Crippen LogP contribution in [-0.2, 0) is 19.2 Å². The van der Waals surface area contributed by atoms with Crippen molar-refractivity contribution in [2.45, 2.75) is 71.1 Å². The van der Waals surface area contributed by atoms with E-state index >= 15 is 0 Å². The van der Waals surface area contributed by atoms with Crippen molar-refractivity contribution >= 4 is 23.9 Å². The molecule has 2 aliphatic rings. The molecule has 4 N–H and O–H groups in total. The second-order valence-corrected chi connectivity index (χ2v) is 8.05. The number of carbonyl (C=O) groups is 4. The van der Waals surface area contributed by atoms with Crippen molar-refractivity contribution in [2.24, 2.45) is 10.8 Å². The third-order valence-electron chi connectivity index (χ3n) is 6.36. The van der Waals surface area contributed by atoms with Crippen molar-refractivity contribution in [3.8, 4) is 0 Å². The number of carboxylic acid groups (broad SMARTS) is 4. The lowest BCUT2D eigenvalue weighted by molar-refractivity contribution is -0.183. The van der Waals surface area contributed by atoms with Gasteiger partial charge < -0.3 is 20.4 Å². The highest BCUT2D eigenvalue weighted by molar-refractivity contribution is 6.14. The average Bonchev–Trinajstić information content (AvgIpc) is 2.57. The summed E-state index contributed by atoms with van der Waals surface area (Å²) < 4.78 is 0. The van der Waals surface area contributed by atoms with E-state index in [1.54, 1.807) is 0 Å². The fraction of sp³-hybridized carbons (Fsp3) is 0.619. The van der Waals surface area contributed by atoms with Gasteiger partial charge in [0.05, 0.1) is 11.0 Å². The summed E-state index contributed by atoms with van der Waals surface area (Å²) in [4.78, 5) is 49.3. The van der Waals surface area contributed by atoms with Gasteiger partial charge in [-0.15, -0.1) is 0 Å². The summed E-state index contributed by atoms with van der Waals surface area (Å²) in [6, 6.07) is 0. The van der Waals surface area contributed by atoms with Gasteiger partial charge in [0.25, 0.3) is 0 Å². The van der Waals surface area contributed by atoms with Crippen molar-refractivity contribution in [3.63, 3.8) is 0 Å². The maximum absolute atomic E-state index is 12.4. The van der Waals surface area contributed by atoms with Gasteiger partial charge in [-0.25, -0.2) is 4.79 Å². The highest BCUT2D eigenvalue weighted by atomic mass is 16.4. The van der Waals surface area contributed by atoms with E-state index in [1.807, 2.05) is 6.08 Å². The molecule has 0 saturated carbocycles. The second kappa shape index (κ2) is 8.80. The Hall–Kier alpha value is -2.64. The van der Waals surface area contributed by atoms with Crippen LogP contribution in [0.25, 0.3) is 0 Å². The van der Waals surface area contributed by atoms with Gasteiger partial charge in [-0.3, -0.25) is 14.4 Å². The molecule has 2 rings (SSSR count). The molecule has 160 valence electrons. The van der Waals surface area contributed by atoms with Gasteiger partial charge in [-0.1, -0.05) is 25.3 Å². The molecule has 0 bridgehead atoms. The van der Waals surface area contributed by atoms with E-state index in [1.165, 1.54) is 0 Å². The number of hydrogen-bond donors (Lipinski definition) is 4. The third-order valence-corrected chi connectivity index (χ3v) is 6.36. The molecule has 0 aliphatic heterocycles. The van der Waals surface area contributed by atoms with Gasteiger partial charge in [-0.05, 0) is 63.0 Å². The van der Waals surface area contributed by atoms with E-state index in [9.17, 15) is 39.6 Å². The number of rotatable bonds is 5. The quantitative estimate of drug-likeness (QED) is 0.505. The van der Waals surface area contributed by atoms with Crippen LogP contribution in [0.2, 0.25) is 0 Å². The minimum absolute atomic E-state index is 0.177. The zero-order valence-electron chi connectivity index (χ0n) is 16.6. The molecule has 29 heavy (non-hydrogen) atoms. The average molecular weight is 408 g/mol. The lowest BCUT2D eigenvalue weighted by Crippen LogP contribution is -2.59. The summed E-state index contributed by atoms with van der Waals surface area (Å²) in [5.74, 6) is -7.24. The smallest absolute Gasteiger partial charge is 0.333 e. The summed E-state index contributed by atoms with van der Waals surface area (Å²) in [5, 5.41) is 40.0. The number of allylic oxidation sites excluding steroid dienone is 3. The van der Waals surface area contributed by atoms with E-state index in [4.69, 9.17) is 0 Å². The van der Waals surface area contributed by atoms with Crippen molar-refractivity contribution in [1.82, 2.24) is 0 Å². The first-order chi connectivity index (χ1) is 13.6. The monoisotopic (exact) mass is 408 g/mol. The molecule has 0 saturated heterocycles. The highest BCUT2D eigenvalue weighted by Gasteiger charge is 2.68. The van der Waals surface area contributed by atoms with E-state index < -0.39 is 40.3 Å². The van der Waals surface area contributed by atoms with Gasteiger partial charge in [0.15, 0.2) is 0 Å². The predicted octanol–water partition coefficient (Wildman–Crippen LogP) is 3.47. The third kappa shape index (κ3) is 3.80. The molecule has 0 heterocycles. The van der Waals surface area contributed by atoms with Crippen LogP contribution in [0, 0.1) is 10.8 Å². The van der Waals surface area contributed by atoms with E-state index in [2.05, 4.69) is 0 Å². The molecule has 0 aromatic carbocycles. The fourth-order valence-electron chi connectivity index (χ4n) is 4.72.